The van der Waals surface area contributed by atoms with Crippen molar-refractivity contribution in [2.45, 2.75) is 13.0 Å². The summed E-state index contributed by atoms with van der Waals surface area (Å²) >= 11 is 0. The fraction of sp³-hybridized carbons (Fsp3) is 0.120. The van der Waals surface area contributed by atoms with Crippen molar-refractivity contribution in [2.24, 2.45) is 0 Å². The van der Waals surface area contributed by atoms with E-state index in [1.54, 1.807) is 24.3 Å². The van der Waals surface area contributed by atoms with Crippen LogP contribution in [-0.2, 0) is 13.0 Å². The molecule has 1 N–H and O–H groups in total. The number of nitrogens with zero attached hydrogens (tertiary/aromatic N) is 2. The molecule has 8 heteroatoms. The number of ether oxygens (including phenoxy) is 1. The highest BCUT2D eigenvalue weighted by Crippen LogP contribution is 2.22. The summed E-state index contributed by atoms with van der Waals surface area (Å²) in [5.74, 6) is -1.30. The number of hydrogen-bond donors (Lipinski definition) is 1. The molecule has 4 rings (SSSR count). The molecule has 0 radical (unpaired) electrons. The van der Waals surface area contributed by atoms with Gasteiger partial charge >= 0.3 is 0 Å². The molecule has 0 bridgehead atoms. The molecule has 5 nitrogen and oxygen atoms in total. The highest BCUT2D eigenvalue weighted by molar-refractivity contribution is 5.95. The van der Waals surface area contributed by atoms with Gasteiger partial charge in [-0.25, -0.2) is 17.9 Å². The lowest BCUT2D eigenvalue weighted by atomic mass is 10.1. The van der Waals surface area contributed by atoms with E-state index < -0.39 is 11.7 Å². The Morgan fingerprint density at radius 1 is 0.818 bits per heavy atom. The van der Waals surface area contributed by atoms with E-state index in [-0.39, 0.29) is 29.7 Å². The van der Waals surface area contributed by atoms with Crippen LogP contribution in [0.1, 0.15) is 21.6 Å². The Kier molecular flexibility index (Phi) is 6.73. The molecule has 0 saturated carbocycles. The van der Waals surface area contributed by atoms with E-state index in [2.05, 4.69) is 10.4 Å². The van der Waals surface area contributed by atoms with Gasteiger partial charge in [0.05, 0.1) is 11.9 Å². The number of halogens is 3. The standard InChI is InChI=1S/C25H20F3N3O2/c26-19-5-1-17(2-6-19)13-14-29-25(32)24-23(33-16-18-3-7-20(27)8-4-18)15-31(30-24)22-11-9-21(28)10-12-22/h1-12,15H,13-14,16H2,(H,29,32). The number of rotatable bonds is 8. The zero-order chi connectivity index (χ0) is 23.2. The minimum Gasteiger partial charge on any atom is -0.485 e. The fourth-order valence-electron chi connectivity index (χ4n) is 3.14. The van der Waals surface area contributed by atoms with E-state index in [1.807, 2.05) is 0 Å². The molecule has 0 unspecified atom stereocenters. The van der Waals surface area contributed by atoms with E-state index in [4.69, 9.17) is 4.74 Å². The molecule has 168 valence electrons. The molecule has 0 aliphatic carbocycles. The Morgan fingerprint density at radius 2 is 1.36 bits per heavy atom. The zero-order valence-electron chi connectivity index (χ0n) is 17.5. The van der Waals surface area contributed by atoms with E-state index in [0.29, 0.717) is 24.2 Å². The normalized spacial score (nSPS) is 10.8. The summed E-state index contributed by atoms with van der Waals surface area (Å²) in [6.07, 6.45) is 2.04. The molecule has 0 spiro atoms. The molecule has 0 saturated heterocycles. The molecule has 1 heterocycles. The summed E-state index contributed by atoms with van der Waals surface area (Å²) in [7, 11) is 0. The number of amides is 1. The maximum atomic E-state index is 13.3. The third-order valence-electron chi connectivity index (χ3n) is 4.91. The van der Waals surface area contributed by atoms with Crippen molar-refractivity contribution in [3.63, 3.8) is 0 Å². The van der Waals surface area contributed by atoms with Crippen molar-refractivity contribution in [1.82, 2.24) is 15.1 Å². The van der Waals surface area contributed by atoms with Gasteiger partial charge in [0.25, 0.3) is 5.91 Å². The number of hydrogen-bond acceptors (Lipinski definition) is 3. The molecular weight excluding hydrogens is 431 g/mol. The van der Waals surface area contributed by atoms with Gasteiger partial charge in [-0.3, -0.25) is 4.79 Å². The quantitative estimate of drug-likeness (QED) is 0.417. The van der Waals surface area contributed by atoms with Gasteiger partial charge in [-0.2, -0.15) is 5.10 Å². The van der Waals surface area contributed by atoms with Crippen LogP contribution in [-0.4, -0.2) is 22.2 Å². The van der Waals surface area contributed by atoms with Crippen LogP contribution in [0, 0.1) is 17.5 Å². The van der Waals surface area contributed by atoms with Gasteiger partial charge in [0, 0.05) is 6.54 Å². The maximum Gasteiger partial charge on any atom is 0.275 e. The Morgan fingerprint density at radius 3 is 1.97 bits per heavy atom. The molecule has 0 fully saturated rings. The largest absolute Gasteiger partial charge is 0.485 e. The van der Waals surface area contributed by atoms with Crippen LogP contribution in [0.4, 0.5) is 13.2 Å². The summed E-state index contributed by atoms with van der Waals surface area (Å²) in [5, 5.41) is 7.11. The Bertz CT molecular complexity index is 1220. The second kappa shape index (κ2) is 10.0. The fourth-order valence-corrected chi connectivity index (χ4v) is 3.14. The van der Waals surface area contributed by atoms with Gasteiger partial charge in [0.15, 0.2) is 11.4 Å². The minimum atomic E-state index is -0.452. The summed E-state index contributed by atoms with van der Waals surface area (Å²) in [6, 6.07) is 17.5. The van der Waals surface area contributed by atoms with Crippen molar-refractivity contribution in [2.75, 3.05) is 6.54 Å². The van der Waals surface area contributed by atoms with Gasteiger partial charge in [-0.1, -0.05) is 24.3 Å². The summed E-state index contributed by atoms with van der Waals surface area (Å²) < 4.78 is 46.7. The van der Waals surface area contributed by atoms with Gasteiger partial charge < -0.3 is 10.1 Å². The highest BCUT2D eigenvalue weighted by atomic mass is 19.1. The van der Waals surface area contributed by atoms with Crippen molar-refractivity contribution in [3.8, 4) is 11.4 Å². The predicted octanol–water partition coefficient (Wildman–Crippen LogP) is 4.84. The topological polar surface area (TPSA) is 56.2 Å². The Hall–Kier alpha value is -4.07. The van der Waals surface area contributed by atoms with Crippen molar-refractivity contribution in [3.05, 3.63) is 113 Å². The zero-order valence-corrected chi connectivity index (χ0v) is 17.5. The van der Waals surface area contributed by atoms with Crippen LogP contribution in [0.25, 0.3) is 5.69 Å². The second-order valence-electron chi connectivity index (χ2n) is 7.31. The van der Waals surface area contributed by atoms with Gasteiger partial charge in [-0.05, 0) is 66.1 Å². The van der Waals surface area contributed by atoms with E-state index >= 15 is 0 Å². The van der Waals surface area contributed by atoms with Crippen LogP contribution in [0.3, 0.4) is 0 Å². The van der Waals surface area contributed by atoms with E-state index in [9.17, 15) is 18.0 Å². The summed E-state index contributed by atoms with van der Waals surface area (Å²) in [4.78, 5) is 12.8. The molecule has 0 aliphatic heterocycles. The molecule has 1 aromatic heterocycles. The van der Waals surface area contributed by atoms with Crippen molar-refractivity contribution < 1.29 is 22.7 Å². The first-order valence-corrected chi connectivity index (χ1v) is 10.2. The molecular formula is C25H20F3N3O2. The third-order valence-corrected chi connectivity index (χ3v) is 4.91. The molecule has 1 amide bonds. The first-order valence-electron chi connectivity index (χ1n) is 10.2. The SMILES string of the molecule is O=C(NCCc1ccc(F)cc1)c1nn(-c2ccc(F)cc2)cc1OCc1ccc(F)cc1. The monoisotopic (exact) mass is 451 g/mol. The molecule has 0 aliphatic rings. The lowest BCUT2D eigenvalue weighted by Crippen LogP contribution is -2.26. The smallest absolute Gasteiger partial charge is 0.275 e. The lowest BCUT2D eigenvalue weighted by Gasteiger charge is -2.07. The number of nitrogens with one attached hydrogen (secondary N) is 1. The first-order chi connectivity index (χ1) is 16.0. The van der Waals surface area contributed by atoms with Crippen LogP contribution in [0.2, 0.25) is 0 Å². The van der Waals surface area contributed by atoms with Crippen LogP contribution >= 0.6 is 0 Å². The Balaban J connectivity index is 1.50. The lowest BCUT2D eigenvalue weighted by molar-refractivity contribution is 0.0944. The Labute approximate surface area is 188 Å². The molecule has 33 heavy (non-hydrogen) atoms. The third kappa shape index (κ3) is 5.79. The van der Waals surface area contributed by atoms with Crippen LogP contribution in [0.5, 0.6) is 5.75 Å². The predicted molar refractivity (Wildman–Crippen MR) is 117 cm³/mol. The van der Waals surface area contributed by atoms with E-state index in [0.717, 1.165) is 5.56 Å². The highest BCUT2D eigenvalue weighted by Gasteiger charge is 2.19. The van der Waals surface area contributed by atoms with Gasteiger partial charge in [-0.15, -0.1) is 0 Å². The first kappa shape index (κ1) is 22.1. The number of carbonyl (C=O) groups is 1. The average Bonchev–Trinajstić information content (AvgIpc) is 3.25. The molecule has 4 aromatic rings. The maximum absolute atomic E-state index is 13.3. The molecule has 3 aromatic carbocycles. The summed E-state index contributed by atoms with van der Waals surface area (Å²) in [5.41, 5.74) is 2.20. The summed E-state index contributed by atoms with van der Waals surface area (Å²) in [6.45, 7) is 0.413. The molecule has 0 atom stereocenters. The van der Waals surface area contributed by atoms with Crippen molar-refractivity contribution in [1.29, 1.82) is 0 Å². The second-order valence-corrected chi connectivity index (χ2v) is 7.31. The van der Waals surface area contributed by atoms with Gasteiger partial charge in [0.2, 0.25) is 0 Å². The van der Waals surface area contributed by atoms with Crippen LogP contribution in [0.15, 0.2) is 79.0 Å². The van der Waals surface area contributed by atoms with Crippen LogP contribution < -0.4 is 10.1 Å². The number of carbonyl (C=O) groups excluding carboxylic acids is 1. The van der Waals surface area contributed by atoms with E-state index in [1.165, 1.54) is 59.4 Å². The van der Waals surface area contributed by atoms with Gasteiger partial charge in [0.1, 0.15) is 24.1 Å². The number of aromatic nitrogens is 2. The average molecular weight is 451 g/mol. The minimum absolute atomic E-state index is 0.0561. The number of benzene rings is 3. The van der Waals surface area contributed by atoms with Crippen molar-refractivity contribution >= 4 is 5.91 Å².